The Kier molecular flexibility index (Phi) is 5.86. The molecular formula is C20H24F3N3O3. The van der Waals surface area contributed by atoms with Crippen LogP contribution < -0.4 is 16.0 Å². The molecule has 3 N–H and O–H groups in total. The molecule has 2 aliphatic rings. The first kappa shape index (κ1) is 21.1. The SMILES string of the molecule is CCC(Cc1ccc(C(F)(F)F)cc1)C(=O)NCC1CCCC12NC(=O)NC2=O. The summed E-state index contributed by atoms with van der Waals surface area (Å²) in [6.45, 7) is 2.10. The zero-order valence-corrected chi connectivity index (χ0v) is 16.1. The maximum atomic E-state index is 12.7. The largest absolute Gasteiger partial charge is 0.416 e. The lowest BCUT2D eigenvalue weighted by Gasteiger charge is -2.28. The summed E-state index contributed by atoms with van der Waals surface area (Å²) >= 11 is 0. The van der Waals surface area contributed by atoms with Gasteiger partial charge in [0, 0.05) is 18.4 Å². The van der Waals surface area contributed by atoms with E-state index in [1.54, 1.807) is 0 Å². The summed E-state index contributed by atoms with van der Waals surface area (Å²) < 4.78 is 38.1. The Balaban J connectivity index is 1.59. The Morgan fingerprint density at radius 1 is 1.28 bits per heavy atom. The summed E-state index contributed by atoms with van der Waals surface area (Å²) in [6.07, 6.45) is -1.51. The first-order chi connectivity index (χ1) is 13.7. The Bertz CT molecular complexity index is 794. The maximum Gasteiger partial charge on any atom is 0.416 e. The van der Waals surface area contributed by atoms with Gasteiger partial charge >= 0.3 is 12.2 Å². The first-order valence-electron chi connectivity index (χ1n) is 9.73. The number of benzene rings is 1. The van der Waals surface area contributed by atoms with E-state index in [2.05, 4.69) is 16.0 Å². The molecule has 1 aliphatic heterocycles. The molecular weight excluding hydrogens is 387 g/mol. The molecule has 0 aromatic heterocycles. The lowest BCUT2D eigenvalue weighted by atomic mass is 9.86. The van der Waals surface area contributed by atoms with Crippen molar-refractivity contribution in [1.29, 1.82) is 0 Å². The van der Waals surface area contributed by atoms with Crippen LogP contribution in [0.25, 0.3) is 0 Å². The number of hydrogen-bond acceptors (Lipinski definition) is 3. The van der Waals surface area contributed by atoms with Crippen molar-refractivity contribution in [2.24, 2.45) is 11.8 Å². The third-order valence-electron chi connectivity index (χ3n) is 5.94. The van der Waals surface area contributed by atoms with Crippen molar-refractivity contribution in [2.45, 2.75) is 50.7 Å². The molecule has 0 bridgehead atoms. The second-order valence-corrected chi connectivity index (χ2v) is 7.72. The van der Waals surface area contributed by atoms with E-state index in [-0.39, 0.29) is 24.3 Å². The molecule has 1 heterocycles. The highest BCUT2D eigenvalue weighted by Crippen LogP contribution is 2.37. The van der Waals surface area contributed by atoms with Crippen LogP contribution in [0.1, 0.15) is 43.7 Å². The number of urea groups is 1. The monoisotopic (exact) mass is 411 g/mol. The number of amides is 4. The van der Waals surface area contributed by atoms with Gasteiger partial charge in [-0.25, -0.2) is 4.79 Å². The fourth-order valence-corrected chi connectivity index (χ4v) is 4.23. The zero-order chi connectivity index (χ0) is 21.2. The van der Waals surface area contributed by atoms with Crippen molar-refractivity contribution >= 4 is 17.8 Å². The van der Waals surface area contributed by atoms with Crippen LogP contribution in [0.15, 0.2) is 24.3 Å². The molecule has 1 saturated carbocycles. The number of hydrogen-bond donors (Lipinski definition) is 3. The molecule has 4 amide bonds. The average Bonchev–Trinajstić information content (AvgIpc) is 3.19. The van der Waals surface area contributed by atoms with Crippen molar-refractivity contribution < 1.29 is 27.6 Å². The summed E-state index contributed by atoms with van der Waals surface area (Å²) in [5.74, 6) is -1.15. The summed E-state index contributed by atoms with van der Waals surface area (Å²) in [7, 11) is 0. The first-order valence-corrected chi connectivity index (χ1v) is 9.73. The second-order valence-electron chi connectivity index (χ2n) is 7.72. The van der Waals surface area contributed by atoms with E-state index in [1.165, 1.54) is 12.1 Å². The third-order valence-corrected chi connectivity index (χ3v) is 5.94. The second kappa shape index (κ2) is 8.04. The number of halogens is 3. The zero-order valence-electron chi connectivity index (χ0n) is 16.1. The highest BCUT2D eigenvalue weighted by molar-refractivity contribution is 6.07. The summed E-state index contributed by atoms with van der Waals surface area (Å²) in [6, 6.07) is 4.31. The smallest absolute Gasteiger partial charge is 0.355 e. The van der Waals surface area contributed by atoms with Crippen molar-refractivity contribution in [3.05, 3.63) is 35.4 Å². The lowest BCUT2D eigenvalue weighted by Crippen LogP contribution is -2.53. The Hall–Kier alpha value is -2.58. The summed E-state index contributed by atoms with van der Waals surface area (Å²) in [4.78, 5) is 36.4. The molecule has 0 radical (unpaired) electrons. The van der Waals surface area contributed by atoms with Gasteiger partial charge in [-0.1, -0.05) is 25.5 Å². The Morgan fingerprint density at radius 2 is 1.97 bits per heavy atom. The highest BCUT2D eigenvalue weighted by Gasteiger charge is 2.54. The van der Waals surface area contributed by atoms with E-state index in [0.29, 0.717) is 31.2 Å². The van der Waals surface area contributed by atoms with Crippen LogP contribution >= 0.6 is 0 Å². The quantitative estimate of drug-likeness (QED) is 0.629. The molecule has 1 aromatic rings. The molecule has 1 aromatic carbocycles. The minimum atomic E-state index is -4.39. The summed E-state index contributed by atoms with van der Waals surface area (Å²) in [5, 5.41) is 7.85. The number of rotatable bonds is 6. The maximum absolute atomic E-state index is 12.7. The summed E-state index contributed by atoms with van der Waals surface area (Å²) in [5.41, 5.74) is -1.03. The van der Waals surface area contributed by atoms with Gasteiger partial charge in [-0.3, -0.25) is 14.9 Å². The number of nitrogens with one attached hydrogen (secondary N) is 3. The number of imide groups is 1. The molecule has 1 spiro atoms. The lowest BCUT2D eigenvalue weighted by molar-refractivity contribution is -0.137. The van der Waals surface area contributed by atoms with Crippen LogP contribution in [-0.2, 0) is 22.2 Å². The van der Waals surface area contributed by atoms with Gasteiger partial charge in [-0.05, 0) is 43.4 Å². The molecule has 3 rings (SSSR count). The fraction of sp³-hybridized carbons (Fsp3) is 0.550. The average molecular weight is 411 g/mol. The topological polar surface area (TPSA) is 87.3 Å². The Morgan fingerprint density at radius 3 is 2.52 bits per heavy atom. The van der Waals surface area contributed by atoms with Gasteiger partial charge in [0.05, 0.1) is 5.56 Å². The van der Waals surface area contributed by atoms with E-state index in [9.17, 15) is 27.6 Å². The van der Waals surface area contributed by atoms with E-state index in [4.69, 9.17) is 0 Å². The molecule has 1 aliphatic carbocycles. The molecule has 9 heteroatoms. The molecule has 6 nitrogen and oxygen atoms in total. The molecule has 1 saturated heterocycles. The third kappa shape index (κ3) is 4.38. The van der Waals surface area contributed by atoms with Crippen molar-refractivity contribution in [3.8, 4) is 0 Å². The minimum Gasteiger partial charge on any atom is -0.355 e. The van der Waals surface area contributed by atoms with Gasteiger partial charge in [0.1, 0.15) is 5.54 Å². The fourth-order valence-electron chi connectivity index (χ4n) is 4.23. The van der Waals surface area contributed by atoms with Gasteiger partial charge in [-0.2, -0.15) is 13.2 Å². The van der Waals surface area contributed by atoms with Crippen molar-refractivity contribution in [2.75, 3.05) is 6.54 Å². The predicted octanol–water partition coefficient (Wildman–Crippen LogP) is 2.77. The molecule has 3 atom stereocenters. The number of carbonyl (C=O) groups excluding carboxylic acids is 3. The molecule has 3 unspecified atom stereocenters. The standard InChI is InChI=1S/C20H24F3N3O3/c1-2-13(10-12-5-7-14(8-6-12)20(21,22)23)16(27)24-11-15-4-3-9-19(15)17(28)25-18(29)26-19/h5-8,13,15H,2-4,9-11H2,1H3,(H,24,27)(H2,25,26,28,29). The minimum absolute atomic E-state index is 0.193. The van der Waals surface area contributed by atoms with Crippen molar-refractivity contribution in [3.63, 3.8) is 0 Å². The van der Waals surface area contributed by atoms with Crippen LogP contribution in [0.4, 0.5) is 18.0 Å². The molecule has 29 heavy (non-hydrogen) atoms. The van der Waals surface area contributed by atoms with Crippen LogP contribution in [0.2, 0.25) is 0 Å². The molecule has 2 fully saturated rings. The van der Waals surface area contributed by atoms with Gasteiger partial charge < -0.3 is 10.6 Å². The predicted molar refractivity (Wildman–Crippen MR) is 98.7 cm³/mol. The van der Waals surface area contributed by atoms with Gasteiger partial charge in [0.25, 0.3) is 5.91 Å². The highest BCUT2D eigenvalue weighted by atomic mass is 19.4. The van der Waals surface area contributed by atoms with Gasteiger partial charge in [-0.15, -0.1) is 0 Å². The van der Waals surface area contributed by atoms with Crippen molar-refractivity contribution in [1.82, 2.24) is 16.0 Å². The van der Waals surface area contributed by atoms with Crippen LogP contribution in [-0.4, -0.2) is 29.9 Å². The van der Waals surface area contributed by atoms with E-state index in [0.717, 1.165) is 18.6 Å². The van der Waals surface area contributed by atoms with Crippen LogP contribution in [0.3, 0.4) is 0 Å². The normalized spacial score (nSPS) is 25.0. The van der Waals surface area contributed by atoms with Gasteiger partial charge in [0.15, 0.2) is 0 Å². The van der Waals surface area contributed by atoms with Gasteiger partial charge in [0.2, 0.25) is 5.91 Å². The van der Waals surface area contributed by atoms with E-state index >= 15 is 0 Å². The number of carbonyl (C=O) groups is 3. The number of alkyl halides is 3. The van der Waals surface area contributed by atoms with E-state index in [1.807, 2.05) is 6.92 Å². The van der Waals surface area contributed by atoms with Crippen LogP contribution in [0.5, 0.6) is 0 Å². The van der Waals surface area contributed by atoms with E-state index < -0.39 is 29.2 Å². The molecule has 158 valence electrons. The Labute approximate surface area is 166 Å². The van der Waals surface area contributed by atoms with Crippen LogP contribution in [0, 0.1) is 11.8 Å².